The average molecular weight is 423 g/mol. The fourth-order valence-electron chi connectivity index (χ4n) is 5.63. The summed E-state index contributed by atoms with van der Waals surface area (Å²) >= 11 is 0. The van der Waals surface area contributed by atoms with Gasteiger partial charge in [0.05, 0.1) is 5.52 Å². The molecular formula is C24H34N6O. The maximum atomic E-state index is 12.5. The number of nitrogens with zero attached hydrogens (tertiary/aromatic N) is 6. The molecule has 4 rings (SSSR count). The molecule has 0 bridgehead atoms. The molecule has 2 fully saturated rings. The Morgan fingerprint density at radius 1 is 1.16 bits per heavy atom. The van der Waals surface area contributed by atoms with Crippen molar-refractivity contribution >= 4 is 16.9 Å². The van der Waals surface area contributed by atoms with Gasteiger partial charge in [-0.15, -0.1) is 0 Å². The fraction of sp³-hybridized carbons (Fsp3) is 0.667. The Morgan fingerprint density at radius 3 is 2.55 bits per heavy atom. The zero-order valence-corrected chi connectivity index (χ0v) is 19.2. The van der Waals surface area contributed by atoms with E-state index >= 15 is 0 Å². The summed E-state index contributed by atoms with van der Waals surface area (Å²) in [6.45, 7) is 9.65. The predicted octanol–water partition coefficient (Wildman–Crippen LogP) is 3.32. The quantitative estimate of drug-likeness (QED) is 0.752. The number of piperazine rings is 1. The third kappa shape index (κ3) is 4.18. The summed E-state index contributed by atoms with van der Waals surface area (Å²) in [7, 11) is 1.70. The lowest BCUT2D eigenvalue weighted by molar-refractivity contribution is 0.0869. The number of nitriles is 1. The molecule has 1 aliphatic carbocycles. The number of hydrogen-bond acceptors (Lipinski definition) is 6. The molecule has 7 heteroatoms. The number of pyridine rings is 1. The molecule has 1 saturated heterocycles. The molecule has 2 atom stereocenters. The van der Waals surface area contributed by atoms with E-state index in [2.05, 4.69) is 46.6 Å². The molecule has 0 N–H and O–H groups in total. The van der Waals surface area contributed by atoms with Crippen molar-refractivity contribution in [3.05, 3.63) is 28.3 Å². The highest BCUT2D eigenvalue weighted by molar-refractivity contribution is 5.86. The zero-order valence-electron chi connectivity index (χ0n) is 19.2. The first-order valence-electron chi connectivity index (χ1n) is 11.7. The van der Waals surface area contributed by atoms with E-state index in [1.54, 1.807) is 19.2 Å². The van der Waals surface area contributed by atoms with Crippen molar-refractivity contribution in [3.8, 4) is 6.07 Å². The van der Waals surface area contributed by atoms with Crippen molar-refractivity contribution in [2.45, 2.75) is 65.0 Å². The Hall–Kier alpha value is -2.46. The molecule has 2 aromatic rings. The van der Waals surface area contributed by atoms with Crippen molar-refractivity contribution < 1.29 is 0 Å². The predicted molar refractivity (Wildman–Crippen MR) is 123 cm³/mol. The topological polar surface area (TPSA) is 78.0 Å². The lowest BCUT2D eigenvalue weighted by Gasteiger charge is -2.46. The van der Waals surface area contributed by atoms with E-state index in [4.69, 9.17) is 0 Å². The van der Waals surface area contributed by atoms with Crippen LogP contribution in [0.2, 0.25) is 0 Å². The van der Waals surface area contributed by atoms with E-state index < -0.39 is 0 Å². The number of aryl methyl sites for hydroxylation is 1. The van der Waals surface area contributed by atoms with E-state index in [1.807, 2.05) is 0 Å². The van der Waals surface area contributed by atoms with Crippen LogP contribution in [-0.4, -0.2) is 51.2 Å². The Bertz CT molecular complexity index is 1030. The Morgan fingerprint density at radius 2 is 1.90 bits per heavy atom. The van der Waals surface area contributed by atoms with Gasteiger partial charge in [-0.1, -0.05) is 26.7 Å². The van der Waals surface area contributed by atoms with Crippen molar-refractivity contribution in [2.75, 3.05) is 24.5 Å². The third-order valence-corrected chi connectivity index (χ3v) is 7.47. The number of fused-ring (bicyclic) bond motifs is 1. The lowest BCUT2D eigenvalue weighted by Crippen LogP contribution is -2.57. The van der Waals surface area contributed by atoms with Crippen molar-refractivity contribution in [2.24, 2.45) is 18.9 Å². The Labute approximate surface area is 184 Å². The monoisotopic (exact) mass is 422 g/mol. The molecule has 2 aliphatic rings. The molecule has 0 amide bonds. The Balaban J connectivity index is 1.59. The number of rotatable bonds is 4. The second-order valence-corrected chi connectivity index (χ2v) is 9.49. The molecule has 2 unspecified atom stereocenters. The van der Waals surface area contributed by atoms with Gasteiger partial charge in [-0.25, -0.2) is 9.78 Å². The molecular weight excluding hydrogens is 388 g/mol. The minimum absolute atomic E-state index is 0.223. The molecule has 0 radical (unpaired) electrons. The van der Waals surface area contributed by atoms with Gasteiger partial charge >= 0.3 is 5.69 Å². The molecule has 0 aromatic carbocycles. The van der Waals surface area contributed by atoms with Crippen LogP contribution in [0.15, 0.2) is 16.9 Å². The molecule has 31 heavy (non-hydrogen) atoms. The highest BCUT2D eigenvalue weighted by Gasteiger charge is 2.34. The number of anilines is 1. The molecule has 2 aromatic heterocycles. The maximum absolute atomic E-state index is 12.5. The van der Waals surface area contributed by atoms with Gasteiger partial charge in [-0.2, -0.15) is 10.2 Å². The van der Waals surface area contributed by atoms with Gasteiger partial charge in [0.25, 0.3) is 0 Å². The first kappa shape index (κ1) is 21.8. The first-order valence-corrected chi connectivity index (χ1v) is 11.7. The smallest absolute Gasteiger partial charge is 0.349 e. The SMILES string of the molecule is CCC(C1CCC(C)CC1)N1CCN(c2nc(=O)n(C)c3ccc(C#N)nc23)C(C)C1. The lowest BCUT2D eigenvalue weighted by atomic mass is 9.78. The standard InChI is InChI=1S/C24H34N6O/c1-5-20(18-8-6-16(2)7-9-18)29-12-13-30(17(3)15-29)23-22-21(28(4)24(31)27-23)11-10-19(14-25)26-22/h10-11,16-18,20H,5-9,12-13,15H2,1-4H3. The van der Waals surface area contributed by atoms with Crippen LogP contribution >= 0.6 is 0 Å². The molecule has 0 spiro atoms. The molecule has 3 heterocycles. The van der Waals surface area contributed by atoms with E-state index in [1.165, 1.54) is 36.7 Å². The van der Waals surface area contributed by atoms with Gasteiger partial charge < -0.3 is 4.90 Å². The van der Waals surface area contributed by atoms with Gasteiger partial charge in [0.2, 0.25) is 0 Å². The van der Waals surface area contributed by atoms with Crippen LogP contribution in [-0.2, 0) is 7.05 Å². The number of aromatic nitrogens is 3. The average Bonchev–Trinajstić information content (AvgIpc) is 2.78. The van der Waals surface area contributed by atoms with Crippen LogP contribution in [0.1, 0.15) is 58.6 Å². The largest absolute Gasteiger partial charge is 0.349 e. The second kappa shape index (κ2) is 8.96. The molecule has 1 saturated carbocycles. The van der Waals surface area contributed by atoms with Gasteiger partial charge in [-0.05, 0) is 50.2 Å². The van der Waals surface area contributed by atoms with Crippen LogP contribution in [0, 0.1) is 23.2 Å². The summed E-state index contributed by atoms with van der Waals surface area (Å²) in [6.07, 6.45) is 6.58. The van der Waals surface area contributed by atoms with Gasteiger partial charge in [0.1, 0.15) is 17.3 Å². The van der Waals surface area contributed by atoms with Crippen molar-refractivity contribution in [1.82, 2.24) is 19.4 Å². The van der Waals surface area contributed by atoms with Crippen molar-refractivity contribution in [1.29, 1.82) is 5.26 Å². The van der Waals surface area contributed by atoms with Gasteiger partial charge in [-0.3, -0.25) is 9.47 Å². The van der Waals surface area contributed by atoms with Crippen LogP contribution in [0.5, 0.6) is 0 Å². The van der Waals surface area contributed by atoms with Crippen LogP contribution in [0.4, 0.5) is 5.82 Å². The van der Waals surface area contributed by atoms with Crippen LogP contribution in [0.25, 0.3) is 11.0 Å². The maximum Gasteiger partial charge on any atom is 0.349 e. The Kier molecular flexibility index (Phi) is 6.29. The summed E-state index contributed by atoms with van der Waals surface area (Å²) in [5.41, 5.74) is 1.41. The van der Waals surface area contributed by atoms with Crippen LogP contribution < -0.4 is 10.6 Å². The van der Waals surface area contributed by atoms with E-state index in [-0.39, 0.29) is 11.7 Å². The molecule has 166 valence electrons. The van der Waals surface area contributed by atoms with E-state index in [0.29, 0.717) is 28.6 Å². The fourth-order valence-corrected chi connectivity index (χ4v) is 5.63. The summed E-state index contributed by atoms with van der Waals surface area (Å²) in [6, 6.07) is 6.42. The van der Waals surface area contributed by atoms with Gasteiger partial charge in [0, 0.05) is 38.8 Å². The third-order valence-electron chi connectivity index (χ3n) is 7.47. The van der Waals surface area contributed by atoms with Gasteiger partial charge in [0.15, 0.2) is 5.82 Å². The molecule has 1 aliphatic heterocycles. The van der Waals surface area contributed by atoms with Crippen molar-refractivity contribution in [3.63, 3.8) is 0 Å². The summed E-state index contributed by atoms with van der Waals surface area (Å²) in [5, 5.41) is 9.32. The summed E-state index contributed by atoms with van der Waals surface area (Å²) < 4.78 is 1.51. The number of hydrogen-bond donors (Lipinski definition) is 0. The second-order valence-electron chi connectivity index (χ2n) is 9.49. The summed E-state index contributed by atoms with van der Waals surface area (Å²) in [5.74, 6) is 2.28. The van der Waals surface area contributed by atoms with Crippen LogP contribution in [0.3, 0.4) is 0 Å². The minimum atomic E-state index is -0.286. The summed E-state index contributed by atoms with van der Waals surface area (Å²) in [4.78, 5) is 26.3. The molecule has 7 nitrogen and oxygen atoms in total. The normalized spacial score (nSPS) is 26.0. The zero-order chi connectivity index (χ0) is 22.1. The highest BCUT2D eigenvalue weighted by atomic mass is 16.1. The minimum Gasteiger partial charge on any atom is -0.349 e. The highest BCUT2D eigenvalue weighted by Crippen LogP contribution is 2.35. The van der Waals surface area contributed by atoms with E-state index in [0.717, 1.165) is 31.5 Å². The van der Waals surface area contributed by atoms with E-state index in [9.17, 15) is 10.1 Å². The first-order chi connectivity index (χ1) is 14.9.